The standard InChI is InChI=1S/C24H24N2O2/c1-14-12-17-8-4-6-10-19(17)25(14)23(27)21-16(3)22(21)24(28)26-15(2)13-18-9-5-7-11-20(18)26/h4-11,14-15,21-22H,3,12-13H2,1-2H3/t14-,15-,21+,22+/m1/s1. The SMILES string of the molecule is C=C1[C@H](C(=O)N2c3ccccc3C[C@H]2C)[C@H]1C(=O)N1c2ccccc2C[C@H]1C. The Morgan fingerprint density at radius 2 is 1.18 bits per heavy atom. The monoisotopic (exact) mass is 372 g/mol. The lowest BCUT2D eigenvalue weighted by molar-refractivity contribution is -0.124. The first-order chi connectivity index (χ1) is 13.5. The highest BCUT2D eigenvalue weighted by Crippen LogP contribution is 2.50. The van der Waals surface area contributed by atoms with E-state index in [0.717, 1.165) is 29.8 Å². The summed E-state index contributed by atoms with van der Waals surface area (Å²) < 4.78 is 0. The zero-order valence-electron chi connectivity index (χ0n) is 16.3. The maximum Gasteiger partial charge on any atom is 0.235 e. The first-order valence-electron chi connectivity index (χ1n) is 9.99. The van der Waals surface area contributed by atoms with Crippen molar-refractivity contribution in [3.63, 3.8) is 0 Å². The van der Waals surface area contributed by atoms with Gasteiger partial charge in [0.25, 0.3) is 0 Å². The molecule has 0 radical (unpaired) electrons. The predicted molar refractivity (Wildman–Crippen MR) is 110 cm³/mol. The second-order valence-corrected chi connectivity index (χ2v) is 8.31. The minimum atomic E-state index is -0.402. The number of nitrogens with zero attached hydrogens (tertiary/aromatic N) is 2. The molecule has 4 nitrogen and oxygen atoms in total. The van der Waals surface area contributed by atoms with Crippen LogP contribution in [-0.2, 0) is 22.4 Å². The van der Waals surface area contributed by atoms with Crippen LogP contribution in [0.5, 0.6) is 0 Å². The van der Waals surface area contributed by atoms with Crippen LogP contribution in [-0.4, -0.2) is 23.9 Å². The zero-order valence-corrected chi connectivity index (χ0v) is 16.3. The highest BCUT2D eigenvalue weighted by molar-refractivity contribution is 6.11. The van der Waals surface area contributed by atoms with Crippen LogP contribution < -0.4 is 9.80 Å². The molecule has 2 aromatic rings. The van der Waals surface area contributed by atoms with Gasteiger partial charge >= 0.3 is 0 Å². The van der Waals surface area contributed by atoms with E-state index in [0.29, 0.717) is 0 Å². The lowest BCUT2D eigenvalue weighted by Gasteiger charge is -2.24. The minimum absolute atomic E-state index is 0.0148. The number of fused-ring (bicyclic) bond motifs is 2. The minimum Gasteiger partial charge on any atom is -0.308 e. The van der Waals surface area contributed by atoms with Crippen molar-refractivity contribution in [2.24, 2.45) is 11.8 Å². The molecule has 2 aromatic carbocycles. The predicted octanol–water partition coefficient (Wildman–Crippen LogP) is 3.74. The first-order valence-corrected chi connectivity index (χ1v) is 9.99. The van der Waals surface area contributed by atoms with Gasteiger partial charge in [0.05, 0.1) is 11.8 Å². The maximum atomic E-state index is 13.3. The normalized spacial score (nSPS) is 27.6. The molecule has 2 aliphatic heterocycles. The summed E-state index contributed by atoms with van der Waals surface area (Å²) in [5.74, 6) is -0.774. The molecule has 28 heavy (non-hydrogen) atoms. The smallest absolute Gasteiger partial charge is 0.235 e. The average molecular weight is 372 g/mol. The van der Waals surface area contributed by atoms with Gasteiger partial charge in [-0.25, -0.2) is 0 Å². The Hall–Kier alpha value is -2.88. The third-order valence-electron chi connectivity index (χ3n) is 6.44. The molecule has 1 fully saturated rings. The van der Waals surface area contributed by atoms with Crippen LogP contribution in [0.3, 0.4) is 0 Å². The van der Waals surface area contributed by atoms with Gasteiger partial charge in [0, 0.05) is 23.5 Å². The molecule has 4 atom stereocenters. The van der Waals surface area contributed by atoms with Gasteiger partial charge in [-0.2, -0.15) is 0 Å². The maximum absolute atomic E-state index is 13.3. The molecule has 0 unspecified atom stereocenters. The van der Waals surface area contributed by atoms with E-state index in [9.17, 15) is 9.59 Å². The highest BCUT2D eigenvalue weighted by Gasteiger charge is 2.57. The number of hydrogen-bond acceptors (Lipinski definition) is 2. The van der Waals surface area contributed by atoms with Gasteiger partial charge in [-0.3, -0.25) is 9.59 Å². The Bertz CT molecular complexity index is 932. The molecule has 1 saturated carbocycles. The number of benzene rings is 2. The van der Waals surface area contributed by atoms with Crippen molar-refractivity contribution in [2.75, 3.05) is 9.80 Å². The van der Waals surface area contributed by atoms with Crippen LogP contribution in [0.15, 0.2) is 60.7 Å². The summed E-state index contributed by atoms with van der Waals surface area (Å²) in [6.45, 7) is 8.22. The average Bonchev–Trinajstić information content (AvgIpc) is 3.05. The third kappa shape index (κ3) is 2.37. The Labute approximate surface area is 165 Å². The number of anilines is 2. The number of para-hydroxylation sites is 2. The van der Waals surface area contributed by atoms with Gasteiger partial charge in [-0.05, 0) is 49.9 Å². The summed E-state index contributed by atoms with van der Waals surface area (Å²) >= 11 is 0. The Morgan fingerprint density at radius 3 is 1.61 bits per heavy atom. The molecule has 2 heterocycles. The fourth-order valence-electron chi connectivity index (χ4n) is 5.02. The fraction of sp³-hybridized carbons (Fsp3) is 0.333. The van der Waals surface area contributed by atoms with Gasteiger partial charge in [0.2, 0.25) is 11.8 Å². The molecule has 142 valence electrons. The van der Waals surface area contributed by atoms with Gasteiger partial charge in [0.1, 0.15) is 0 Å². The molecule has 5 rings (SSSR count). The Kier molecular flexibility index (Phi) is 3.73. The van der Waals surface area contributed by atoms with E-state index in [-0.39, 0.29) is 23.9 Å². The summed E-state index contributed by atoms with van der Waals surface area (Å²) in [7, 11) is 0. The van der Waals surface area contributed by atoms with E-state index in [2.05, 4.69) is 32.6 Å². The first kappa shape index (κ1) is 17.2. The Morgan fingerprint density at radius 1 is 0.786 bits per heavy atom. The number of rotatable bonds is 2. The van der Waals surface area contributed by atoms with Crippen molar-refractivity contribution in [2.45, 2.75) is 38.8 Å². The largest absolute Gasteiger partial charge is 0.308 e. The highest BCUT2D eigenvalue weighted by atomic mass is 16.2. The summed E-state index contributed by atoms with van der Waals surface area (Å²) in [4.78, 5) is 30.4. The second-order valence-electron chi connectivity index (χ2n) is 8.31. The molecule has 0 saturated heterocycles. The van der Waals surface area contributed by atoms with E-state index < -0.39 is 11.8 Å². The lowest BCUT2D eigenvalue weighted by atomic mass is 10.1. The molecule has 0 spiro atoms. The summed E-state index contributed by atoms with van der Waals surface area (Å²) in [6.07, 6.45) is 1.71. The zero-order chi connectivity index (χ0) is 19.6. The molecule has 1 aliphatic carbocycles. The van der Waals surface area contributed by atoms with Crippen LogP contribution in [0.2, 0.25) is 0 Å². The molecule has 0 bridgehead atoms. The van der Waals surface area contributed by atoms with E-state index in [1.165, 1.54) is 11.1 Å². The van der Waals surface area contributed by atoms with Crippen LogP contribution in [0, 0.1) is 11.8 Å². The van der Waals surface area contributed by atoms with Crippen molar-refractivity contribution >= 4 is 23.2 Å². The van der Waals surface area contributed by atoms with Crippen molar-refractivity contribution in [3.05, 3.63) is 71.8 Å². The van der Waals surface area contributed by atoms with Gasteiger partial charge < -0.3 is 9.80 Å². The molecule has 4 heteroatoms. The summed E-state index contributed by atoms with van der Waals surface area (Å²) in [5, 5.41) is 0. The van der Waals surface area contributed by atoms with Crippen molar-refractivity contribution in [3.8, 4) is 0 Å². The molecule has 0 aromatic heterocycles. The quantitative estimate of drug-likeness (QED) is 0.754. The topological polar surface area (TPSA) is 40.6 Å². The van der Waals surface area contributed by atoms with Crippen LogP contribution >= 0.6 is 0 Å². The third-order valence-corrected chi connectivity index (χ3v) is 6.44. The van der Waals surface area contributed by atoms with E-state index in [1.807, 2.05) is 46.2 Å². The summed E-state index contributed by atoms with van der Waals surface area (Å²) in [5.41, 5.74) is 5.10. The lowest BCUT2D eigenvalue weighted by Crippen LogP contribution is -2.40. The fourth-order valence-corrected chi connectivity index (χ4v) is 5.02. The molecular weight excluding hydrogens is 348 g/mol. The van der Waals surface area contributed by atoms with Gasteiger partial charge in [-0.15, -0.1) is 0 Å². The van der Waals surface area contributed by atoms with Crippen molar-refractivity contribution in [1.82, 2.24) is 0 Å². The van der Waals surface area contributed by atoms with E-state index >= 15 is 0 Å². The molecule has 0 N–H and O–H groups in total. The van der Waals surface area contributed by atoms with Crippen molar-refractivity contribution < 1.29 is 9.59 Å². The van der Waals surface area contributed by atoms with Gasteiger partial charge in [-0.1, -0.05) is 48.6 Å². The van der Waals surface area contributed by atoms with Crippen LogP contribution in [0.4, 0.5) is 11.4 Å². The van der Waals surface area contributed by atoms with E-state index in [1.54, 1.807) is 0 Å². The number of amides is 2. The molecule has 2 amide bonds. The number of carbonyl (C=O) groups excluding carboxylic acids is 2. The number of carbonyl (C=O) groups is 2. The van der Waals surface area contributed by atoms with Gasteiger partial charge in [0.15, 0.2) is 0 Å². The van der Waals surface area contributed by atoms with Crippen molar-refractivity contribution in [1.29, 1.82) is 0 Å². The molecular formula is C24H24N2O2. The molecule has 3 aliphatic rings. The Balaban J connectivity index is 1.40. The van der Waals surface area contributed by atoms with Crippen LogP contribution in [0.25, 0.3) is 0 Å². The number of hydrogen-bond donors (Lipinski definition) is 0. The van der Waals surface area contributed by atoms with Crippen LogP contribution in [0.1, 0.15) is 25.0 Å². The van der Waals surface area contributed by atoms with E-state index in [4.69, 9.17) is 0 Å². The summed E-state index contributed by atoms with van der Waals surface area (Å²) in [6, 6.07) is 16.3. The second kappa shape index (κ2) is 6.06.